The number of carbonyl (C=O) groups excluding carboxylic acids is 1. The van der Waals surface area contributed by atoms with Crippen molar-refractivity contribution in [2.45, 2.75) is 26.3 Å². The highest BCUT2D eigenvalue weighted by Crippen LogP contribution is 2.12. The Labute approximate surface area is 116 Å². The van der Waals surface area contributed by atoms with Gasteiger partial charge in [-0.2, -0.15) is 0 Å². The first-order chi connectivity index (χ1) is 9.04. The number of amides is 1. The molecule has 0 spiro atoms. The van der Waals surface area contributed by atoms with E-state index < -0.39 is 0 Å². The average molecular weight is 263 g/mol. The van der Waals surface area contributed by atoms with Gasteiger partial charge in [0.2, 0.25) is 5.91 Å². The highest BCUT2D eigenvalue weighted by molar-refractivity contribution is 5.78. The van der Waals surface area contributed by atoms with Crippen LogP contribution in [0.1, 0.15) is 25.3 Å². The SMILES string of the molecule is CC(CCCN)C(=O)NCc1ccc(N(C)C)cc1. The molecule has 0 fully saturated rings. The Bertz CT molecular complexity index is 387. The largest absolute Gasteiger partial charge is 0.378 e. The van der Waals surface area contributed by atoms with Crippen molar-refractivity contribution in [3.8, 4) is 0 Å². The van der Waals surface area contributed by atoms with Gasteiger partial charge in [-0.15, -0.1) is 0 Å². The van der Waals surface area contributed by atoms with E-state index >= 15 is 0 Å². The van der Waals surface area contributed by atoms with E-state index in [4.69, 9.17) is 5.73 Å². The van der Waals surface area contributed by atoms with E-state index in [-0.39, 0.29) is 11.8 Å². The van der Waals surface area contributed by atoms with Crippen LogP contribution in [-0.4, -0.2) is 26.5 Å². The summed E-state index contributed by atoms with van der Waals surface area (Å²) >= 11 is 0. The van der Waals surface area contributed by atoms with Gasteiger partial charge in [0.15, 0.2) is 0 Å². The molecule has 0 aliphatic carbocycles. The van der Waals surface area contributed by atoms with Crippen molar-refractivity contribution in [1.82, 2.24) is 5.32 Å². The summed E-state index contributed by atoms with van der Waals surface area (Å²) < 4.78 is 0. The second kappa shape index (κ2) is 7.79. The summed E-state index contributed by atoms with van der Waals surface area (Å²) in [7, 11) is 4.02. The molecule has 0 aliphatic rings. The fraction of sp³-hybridized carbons (Fsp3) is 0.533. The van der Waals surface area contributed by atoms with E-state index in [9.17, 15) is 4.79 Å². The average Bonchev–Trinajstić information content (AvgIpc) is 2.42. The number of rotatable bonds is 7. The Morgan fingerprint density at radius 1 is 1.32 bits per heavy atom. The zero-order valence-corrected chi connectivity index (χ0v) is 12.1. The van der Waals surface area contributed by atoms with Gasteiger partial charge < -0.3 is 16.0 Å². The number of benzene rings is 1. The Morgan fingerprint density at radius 3 is 2.47 bits per heavy atom. The predicted octanol–water partition coefficient (Wildman–Crippen LogP) is 1.74. The van der Waals surface area contributed by atoms with Crippen LogP contribution >= 0.6 is 0 Å². The molecule has 0 aliphatic heterocycles. The molecule has 4 heteroatoms. The quantitative estimate of drug-likeness (QED) is 0.788. The molecule has 1 aromatic rings. The van der Waals surface area contributed by atoms with Gasteiger partial charge in [-0.05, 0) is 37.1 Å². The first-order valence-corrected chi connectivity index (χ1v) is 6.78. The lowest BCUT2D eigenvalue weighted by molar-refractivity contribution is -0.124. The maximum Gasteiger partial charge on any atom is 0.223 e. The summed E-state index contributed by atoms with van der Waals surface area (Å²) in [5.41, 5.74) is 7.72. The second-order valence-corrected chi connectivity index (χ2v) is 5.11. The summed E-state index contributed by atoms with van der Waals surface area (Å²) in [5.74, 6) is 0.134. The van der Waals surface area contributed by atoms with E-state index in [2.05, 4.69) is 22.3 Å². The van der Waals surface area contributed by atoms with Gasteiger partial charge in [0.1, 0.15) is 0 Å². The first-order valence-electron chi connectivity index (χ1n) is 6.78. The molecule has 4 nitrogen and oxygen atoms in total. The molecule has 0 heterocycles. The van der Waals surface area contributed by atoms with E-state index in [1.807, 2.05) is 33.2 Å². The van der Waals surface area contributed by atoms with Crippen LogP contribution < -0.4 is 16.0 Å². The number of carbonyl (C=O) groups is 1. The Kier molecular flexibility index (Phi) is 6.36. The molecule has 0 radical (unpaired) electrons. The van der Waals surface area contributed by atoms with Crippen LogP contribution in [-0.2, 0) is 11.3 Å². The summed E-state index contributed by atoms with van der Waals surface area (Å²) in [6, 6.07) is 8.19. The van der Waals surface area contributed by atoms with Gasteiger partial charge in [0, 0.05) is 32.2 Å². The molecule has 1 atom stereocenters. The van der Waals surface area contributed by atoms with Crippen LogP contribution in [0.5, 0.6) is 0 Å². The van der Waals surface area contributed by atoms with Crippen molar-refractivity contribution in [2.75, 3.05) is 25.5 Å². The molecular formula is C15H25N3O. The lowest BCUT2D eigenvalue weighted by Crippen LogP contribution is -2.29. The minimum atomic E-state index is 0.0320. The summed E-state index contributed by atoms with van der Waals surface area (Å²) in [6.45, 7) is 3.17. The van der Waals surface area contributed by atoms with Gasteiger partial charge in [0.25, 0.3) is 0 Å². The molecule has 1 amide bonds. The number of nitrogens with zero attached hydrogens (tertiary/aromatic N) is 1. The van der Waals surface area contributed by atoms with Crippen molar-refractivity contribution in [1.29, 1.82) is 0 Å². The number of nitrogens with one attached hydrogen (secondary N) is 1. The molecule has 0 aromatic heterocycles. The normalized spacial score (nSPS) is 12.0. The summed E-state index contributed by atoms with van der Waals surface area (Å²) in [4.78, 5) is 13.9. The van der Waals surface area contributed by atoms with Crippen molar-refractivity contribution in [3.63, 3.8) is 0 Å². The Balaban J connectivity index is 2.41. The third kappa shape index (κ3) is 5.30. The number of nitrogens with two attached hydrogens (primary N) is 1. The second-order valence-electron chi connectivity index (χ2n) is 5.11. The third-order valence-electron chi connectivity index (χ3n) is 3.21. The lowest BCUT2D eigenvalue weighted by atomic mass is 10.0. The van der Waals surface area contributed by atoms with E-state index in [1.54, 1.807) is 0 Å². The fourth-order valence-electron chi connectivity index (χ4n) is 1.83. The van der Waals surface area contributed by atoms with Crippen LogP contribution in [0.2, 0.25) is 0 Å². The van der Waals surface area contributed by atoms with Crippen LogP contribution in [0.4, 0.5) is 5.69 Å². The lowest BCUT2D eigenvalue weighted by Gasteiger charge is -2.14. The number of hydrogen-bond acceptors (Lipinski definition) is 3. The van der Waals surface area contributed by atoms with Crippen LogP contribution in [0, 0.1) is 5.92 Å². The van der Waals surface area contributed by atoms with Gasteiger partial charge in [-0.3, -0.25) is 4.79 Å². The van der Waals surface area contributed by atoms with Gasteiger partial charge >= 0.3 is 0 Å². The molecule has 1 unspecified atom stereocenters. The molecular weight excluding hydrogens is 238 g/mol. The molecule has 3 N–H and O–H groups in total. The van der Waals surface area contributed by atoms with Crippen molar-refractivity contribution >= 4 is 11.6 Å². The van der Waals surface area contributed by atoms with E-state index in [0.29, 0.717) is 13.1 Å². The monoisotopic (exact) mass is 263 g/mol. The minimum absolute atomic E-state index is 0.0320. The standard InChI is InChI=1S/C15H25N3O/c1-12(5-4-10-16)15(19)17-11-13-6-8-14(9-7-13)18(2)3/h6-9,12H,4-5,10-11,16H2,1-3H3,(H,17,19). The summed E-state index contributed by atoms with van der Waals surface area (Å²) in [6.07, 6.45) is 1.74. The molecule has 1 rings (SSSR count). The molecule has 0 saturated heterocycles. The maximum absolute atomic E-state index is 11.8. The Hall–Kier alpha value is -1.55. The third-order valence-corrected chi connectivity index (χ3v) is 3.21. The molecule has 106 valence electrons. The maximum atomic E-state index is 11.8. The first kappa shape index (κ1) is 15.5. The van der Waals surface area contributed by atoms with Gasteiger partial charge in [0.05, 0.1) is 0 Å². The fourth-order valence-corrected chi connectivity index (χ4v) is 1.83. The van der Waals surface area contributed by atoms with E-state index in [0.717, 1.165) is 24.1 Å². The smallest absolute Gasteiger partial charge is 0.223 e. The molecule has 0 bridgehead atoms. The Morgan fingerprint density at radius 2 is 1.95 bits per heavy atom. The molecule has 0 saturated carbocycles. The van der Waals surface area contributed by atoms with Gasteiger partial charge in [-0.1, -0.05) is 19.1 Å². The topological polar surface area (TPSA) is 58.4 Å². The van der Waals surface area contributed by atoms with Crippen LogP contribution in [0.3, 0.4) is 0 Å². The van der Waals surface area contributed by atoms with Crippen LogP contribution in [0.15, 0.2) is 24.3 Å². The molecule has 19 heavy (non-hydrogen) atoms. The van der Waals surface area contributed by atoms with Crippen molar-refractivity contribution < 1.29 is 4.79 Å². The number of hydrogen-bond donors (Lipinski definition) is 2. The highest BCUT2D eigenvalue weighted by Gasteiger charge is 2.11. The van der Waals surface area contributed by atoms with Crippen LogP contribution in [0.25, 0.3) is 0 Å². The molecule has 1 aromatic carbocycles. The minimum Gasteiger partial charge on any atom is -0.378 e. The van der Waals surface area contributed by atoms with Crippen molar-refractivity contribution in [2.24, 2.45) is 11.7 Å². The van der Waals surface area contributed by atoms with Crippen molar-refractivity contribution in [3.05, 3.63) is 29.8 Å². The van der Waals surface area contributed by atoms with Gasteiger partial charge in [-0.25, -0.2) is 0 Å². The van der Waals surface area contributed by atoms with E-state index in [1.165, 1.54) is 0 Å². The number of anilines is 1. The predicted molar refractivity (Wildman–Crippen MR) is 80.1 cm³/mol. The summed E-state index contributed by atoms with van der Waals surface area (Å²) in [5, 5.41) is 2.96. The highest BCUT2D eigenvalue weighted by atomic mass is 16.1. The zero-order chi connectivity index (χ0) is 14.3. The zero-order valence-electron chi connectivity index (χ0n) is 12.1.